The Balaban J connectivity index is 2.34. The van der Waals surface area contributed by atoms with Crippen LogP contribution in [0.2, 0.25) is 0 Å². The summed E-state index contributed by atoms with van der Waals surface area (Å²) in [5.74, 6) is 0.162. The molecule has 1 atom stereocenters. The quantitative estimate of drug-likeness (QED) is 0.423. The number of nitrogens with one attached hydrogen (secondary N) is 1. The highest BCUT2D eigenvalue weighted by atomic mass is 15.0. The zero-order valence-electron chi connectivity index (χ0n) is 13.1. The van der Waals surface area contributed by atoms with Gasteiger partial charge in [-0.2, -0.15) is 0 Å². The van der Waals surface area contributed by atoms with Crippen LogP contribution in [-0.4, -0.2) is 18.5 Å². The van der Waals surface area contributed by atoms with Gasteiger partial charge in [-0.3, -0.25) is 4.99 Å². The second-order valence-electron chi connectivity index (χ2n) is 6.32. The van der Waals surface area contributed by atoms with E-state index in [9.17, 15) is 0 Å². The second-order valence-corrected chi connectivity index (χ2v) is 6.32. The molecule has 5 N–H and O–H groups in total. The molecule has 1 aromatic rings. The Labute approximate surface area is 122 Å². The fourth-order valence-electron chi connectivity index (χ4n) is 1.99. The van der Waals surface area contributed by atoms with E-state index in [0.717, 1.165) is 19.5 Å². The Morgan fingerprint density at radius 1 is 1.20 bits per heavy atom. The molecule has 0 aliphatic carbocycles. The molecule has 4 nitrogen and oxygen atoms in total. The van der Waals surface area contributed by atoms with Crippen molar-refractivity contribution in [2.45, 2.75) is 52.1 Å². The number of nitrogens with zero attached hydrogens (tertiary/aromatic N) is 1. The number of nitrogens with two attached hydrogens (primary N) is 2. The highest BCUT2D eigenvalue weighted by Crippen LogP contribution is 2.22. The van der Waals surface area contributed by atoms with Crippen molar-refractivity contribution in [3.8, 4) is 0 Å². The Morgan fingerprint density at radius 3 is 2.30 bits per heavy atom. The molecule has 0 aromatic heterocycles. The number of hydrogen-bond donors (Lipinski definition) is 3. The van der Waals surface area contributed by atoms with Crippen LogP contribution >= 0.6 is 0 Å². The van der Waals surface area contributed by atoms with Gasteiger partial charge in [-0.15, -0.1) is 0 Å². The normalized spacial score (nSPS) is 13.0. The molecule has 0 fully saturated rings. The maximum absolute atomic E-state index is 5.35. The predicted molar refractivity (Wildman–Crippen MR) is 86.7 cm³/mol. The van der Waals surface area contributed by atoms with Crippen molar-refractivity contribution in [1.82, 2.24) is 5.32 Å². The minimum absolute atomic E-state index is 0.162. The summed E-state index contributed by atoms with van der Waals surface area (Å²) in [7, 11) is 0. The second kappa shape index (κ2) is 7.29. The van der Waals surface area contributed by atoms with Gasteiger partial charge < -0.3 is 16.8 Å². The summed E-state index contributed by atoms with van der Waals surface area (Å²) in [4.78, 5) is 4.09. The van der Waals surface area contributed by atoms with Gasteiger partial charge in [0.05, 0.1) is 6.04 Å². The van der Waals surface area contributed by atoms with E-state index in [1.165, 1.54) is 11.1 Å². The van der Waals surface area contributed by atoms with Crippen molar-refractivity contribution in [1.29, 1.82) is 0 Å². The average molecular weight is 276 g/mol. The van der Waals surface area contributed by atoms with Gasteiger partial charge in [-0.05, 0) is 36.4 Å². The molecule has 0 aliphatic rings. The highest BCUT2D eigenvalue weighted by Gasteiger charge is 2.12. The maximum atomic E-state index is 5.35. The van der Waals surface area contributed by atoms with Gasteiger partial charge in [0.25, 0.3) is 0 Å². The average Bonchev–Trinajstić information content (AvgIpc) is 2.33. The summed E-state index contributed by atoms with van der Waals surface area (Å²) < 4.78 is 0. The lowest BCUT2D eigenvalue weighted by molar-refractivity contribution is 0.584. The number of guanidine groups is 1. The smallest absolute Gasteiger partial charge is 0.186 e. The van der Waals surface area contributed by atoms with Crippen molar-refractivity contribution < 1.29 is 0 Å². The molecule has 0 amide bonds. The molecule has 112 valence electrons. The van der Waals surface area contributed by atoms with E-state index in [1.807, 2.05) is 6.92 Å². The highest BCUT2D eigenvalue weighted by molar-refractivity contribution is 5.75. The van der Waals surface area contributed by atoms with E-state index >= 15 is 0 Å². The van der Waals surface area contributed by atoms with Crippen LogP contribution in [-0.2, 0) is 12.0 Å². The van der Waals surface area contributed by atoms with Crippen molar-refractivity contribution >= 4 is 5.96 Å². The lowest BCUT2D eigenvalue weighted by Gasteiger charge is -2.19. The standard InChI is InChI=1S/C16H28N4/c1-12(20-15(17)18)9-10-19-11-13-5-7-14(8-6-13)16(2,3)4/h5-8,12,19H,9-11H2,1-4H3,(H4,17,18,20). The van der Waals surface area contributed by atoms with Crippen molar-refractivity contribution in [3.63, 3.8) is 0 Å². The molecule has 4 heteroatoms. The van der Waals surface area contributed by atoms with E-state index in [1.54, 1.807) is 0 Å². The molecule has 0 heterocycles. The summed E-state index contributed by atoms with van der Waals surface area (Å²) in [5, 5.41) is 3.41. The first kappa shape index (κ1) is 16.5. The fraction of sp³-hybridized carbons (Fsp3) is 0.562. The summed E-state index contributed by atoms with van der Waals surface area (Å²) >= 11 is 0. The molecule has 1 unspecified atom stereocenters. The number of aliphatic imine (C=N–C) groups is 1. The Hall–Kier alpha value is -1.55. The lowest BCUT2D eigenvalue weighted by Crippen LogP contribution is -2.26. The van der Waals surface area contributed by atoms with Gasteiger partial charge in [0, 0.05) is 6.54 Å². The zero-order chi connectivity index (χ0) is 15.2. The molecule has 20 heavy (non-hydrogen) atoms. The first-order chi connectivity index (χ1) is 9.29. The molecular weight excluding hydrogens is 248 g/mol. The number of benzene rings is 1. The monoisotopic (exact) mass is 276 g/mol. The van der Waals surface area contributed by atoms with Crippen LogP contribution < -0.4 is 16.8 Å². The summed E-state index contributed by atoms with van der Waals surface area (Å²) in [6.45, 7) is 10.5. The van der Waals surface area contributed by atoms with Gasteiger partial charge in [0.15, 0.2) is 5.96 Å². The van der Waals surface area contributed by atoms with Gasteiger partial charge in [0.1, 0.15) is 0 Å². The summed E-state index contributed by atoms with van der Waals surface area (Å²) in [6, 6.07) is 8.95. The predicted octanol–water partition coefficient (Wildman–Crippen LogP) is 2.13. The minimum Gasteiger partial charge on any atom is -0.370 e. The largest absolute Gasteiger partial charge is 0.370 e. The van der Waals surface area contributed by atoms with Crippen LogP contribution in [0.15, 0.2) is 29.3 Å². The molecule has 0 aliphatic heterocycles. The number of hydrogen-bond acceptors (Lipinski definition) is 2. The van der Waals surface area contributed by atoms with Crippen molar-refractivity contribution in [3.05, 3.63) is 35.4 Å². The van der Waals surface area contributed by atoms with E-state index < -0.39 is 0 Å². The SMILES string of the molecule is CC(CCNCc1ccc(C(C)(C)C)cc1)N=C(N)N. The van der Waals surface area contributed by atoms with Gasteiger partial charge in [-0.1, -0.05) is 45.0 Å². The molecule has 0 saturated carbocycles. The number of rotatable bonds is 6. The molecule has 0 radical (unpaired) electrons. The van der Waals surface area contributed by atoms with E-state index in [2.05, 4.69) is 55.3 Å². The lowest BCUT2D eigenvalue weighted by atomic mass is 9.87. The van der Waals surface area contributed by atoms with Crippen LogP contribution in [0.5, 0.6) is 0 Å². The molecule has 0 saturated heterocycles. The van der Waals surface area contributed by atoms with Gasteiger partial charge in [-0.25, -0.2) is 0 Å². The molecule has 1 aromatic carbocycles. The molecular formula is C16H28N4. The van der Waals surface area contributed by atoms with Crippen LogP contribution in [0.3, 0.4) is 0 Å². The topological polar surface area (TPSA) is 76.4 Å². The first-order valence-electron chi connectivity index (χ1n) is 7.18. The van der Waals surface area contributed by atoms with Crippen molar-refractivity contribution in [2.24, 2.45) is 16.5 Å². The third kappa shape index (κ3) is 6.06. The zero-order valence-corrected chi connectivity index (χ0v) is 13.1. The Bertz CT molecular complexity index is 425. The first-order valence-corrected chi connectivity index (χ1v) is 7.18. The minimum atomic E-state index is 0.162. The van der Waals surface area contributed by atoms with Gasteiger partial charge in [0.2, 0.25) is 0 Å². The van der Waals surface area contributed by atoms with Crippen LogP contribution in [0.1, 0.15) is 45.2 Å². The van der Waals surface area contributed by atoms with E-state index in [-0.39, 0.29) is 17.4 Å². The summed E-state index contributed by atoms with van der Waals surface area (Å²) in [5.41, 5.74) is 13.6. The third-order valence-electron chi connectivity index (χ3n) is 3.26. The molecule has 0 bridgehead atoms. The molecule has 0 spiro atoms. The van der Waals surface area contributed by atoms with E-state index in [0.29, 0.717) is 0 Å². The molecule has 1 rings (SSSR count). The Kier molecular flexibility index (Phi) is 6.02. The van der Waals surface area contributed by atoms with Crippen LogP contribution in [0.25, 0.3) is 0 Å². The van der Waals surface area contributed by atoms with Crippen LogP contribution in [0.4, 0.5) is 0 Å². The maximum Gasteiger partial charge on any atom is 0.186 e. The third-order valence-corrected chi connectivity index (χ3v) is 3.26. The van der Waals surface area contributed by atoms with Crippen LogP contribution in [0, 0.1) is 0 Å². The Morgan fingerprint density at radius 2 is 1.80 bits per heavy atom. The van der Waals surface area contributed by atoms with Gasteiger partial charge >= 0.3 is 0 Å². The fourth-order valence-corrected chi connectivity index (χ4v) is 1.99. The van der Waals surface area contributed by atoms with Crippen molar-refractivity contribution in [2.75, 3.05) is 6.54 Å². The van der Waals surface area contributed by atoms with E-state index in [4.69, 9.17) is 11.5 Å². The summed E-state index contributed by atoms with van der Waals surface area (Å²) in [6.07, 6.45) is 0.929.